The Morgan fingerprint density at radius 3 is 2.51 bits per heavy atom. The lowest BCUT2D eigenvalue weighted by Gasteiger charge is -2.23. The van der Waals surface area contributed by atoms with Crippen molar-refractivity contribution >= 4 is 33.3 Å². The minimum Gasteiger partial charge on any atom is -0.493 e. The van der Waals surface area contributed by atoms with E-state index in [2.05, 4.69) is 10.2 Å². The molecule has 8 nitrogen and oxygen atoms in total. The molecule has 1 unspecified atom stereocenters. The number of anilines is 1. The van der Waals surface area contributed by atoms with E-state index in [1.165, 1.54) is 16.2 Å². The Bertz CT molecular complexity index is 1520. The van der Waals surface area contributed by atoms with Crippen molar-refractivity contribution in [1.82, 2.24) is 10.2 Å². The number of carbonyl (C=O) groups excluding carboxylic acids is 1. The van der Waals surface area contributed by atoms with Gasteiger partial charge in [0.15, 0.2) is 16.9 Å². The van der Waals surface area contributed by atoms with Crippen LogP contribution in [-0.2, 0) is 6.42 Å². The molecule has 1 aliphatic rings. The van der Waals surface area contributed by atoms with Gasteiger partial charge in [-0.2, -0.15) is 0 Å². The summed E-state index contributed by atoms with van der Waals surface area (Å²) < 4.78 is 17.3. The molecule has 2 aromatic carbocycles. The van der Waals surface area contributed by atoms with Gasteiger partial charge in [0, 0.05) is 0 Å². The van der Waals surface area contributed by atoms with E-state index in [9.17, 15) is 9.59 Å². The number of hydrogen-bond donors (Lipinski definition) is 0. The van der Waals surface area contributed by atoms with Crippen molar-refractivity contribution < 1.29 is 18.7 Å². The molecule has 3 heterocycles. The van der Waals surface area contributed by atoms with E-state index < -0.39 is 11.9 Å². The summed E-state index contributed by atoms with van der Waals surface area (Å²) in [4.78, 5) is 29.1. The molecule has 2 aromatic heterocycles. The number of ether oxygens (including phenoxy) is 2. The Kier molecular flexibility index (Phi) is 5.80. The van der Waals surface area contributed by atoms with Gasteiger partial charge in [0.05, 0.1) is 30.7 Å². The van der Waals surface area contributed by atoms with Crippen molar-refractivity contribution in [3.8, 4) is 11.5 Å². The predicted molar refractivity (Wildman–Crippen MR) is 134 cm³/mol. The van der Waals surface area contributed by atoms with Crippen molar-refractivity contribution in [2.75, 3.05) is 18.6 Å². The van der Waals surface area contributed by atoms with Gasteiger partial charge in [-0.1, -0.05) is 24.3 Å². The molecule has 0 saturated heterocycles. The molecule has 4 aromatic rings. The summed E-state index contributed by atoms with van der Waals surface area (Å²) in [6.45, 7) is 8.23. The van der Waals surface area contributed by atoms with E-state index in [-0.39, 0.29) is 16.8 Å². The van der Waals surface area contributed by atoms with Crippen LogP contribution in [0.5, 0.6) is 11.5 Å². The molecule has 9 heteroatoms. The Balaban J connectivity index is 1.78. The molecule has 1 aliphatic heterocycles. The normalized spacial score (nSPS) is 15.1. The van der Waals surface area contributed by atoms with E-state index in [0.717, 1.165) is 16.1 Å². The smallest absolute Gasteiger partial charge is 0.297 e. The first-order valence-corrected chi connectivity index (χ1v) is 12.2. The van der Waals surface area contributed by atoms with Crippen molar-refractivity contribution in [1.29, 1.82) is 0 Å². The fraction of sp³-hybridized carbons (Fsp3) is 0.308. The number of amides is 1. The van der Waals surface area contributed by atoms with Crippen LogP contribution in [0.3, 0.4) is 0 Å². The first-order chi connectivity index (χ1) is 16.9. The first kappa shape index (κ1) is 23.0. The number of nitrogens with zero attached hydrogens (tertiary/aromatic N) is 3. The minimum absolute atomic E-state index is 0.0249. The molecule has 0 aliphatic carbocycles. The van der Waals surface area contributed by atoms with Crippen LogP contribution in [0.4, 0.5) is 5.13 Å². The van der Waals surface area contributed by atoms with E-state index in [1.807, 2.05) is 39.8 Å². The summed E-state index contributed by atoms with van der Waals surface area (Å²) in [5.74, 6) is 0.690. The predicted octanol–water partition coefficient (Wildman–Crippen LogP) is 4.98. The monoisotopic (exact) mass is 491 g/mol. The molecule has 0 N–H and O–H groups in total. The maximum absolute atomic E-state index is 13.8. The molecule has 5 rings (SSSR count). The van der Waals surface area contributed by atoms with Crippen LogP contribution in [0, 0.1) is 13.8 Å². The highest BCUT2D eigenvalue weighted by molar-refractivity contribution is 7.15. The van der Waals surface area contributed by atoms with Gasteiger partial charge in [0.1, 0.15) is 10.6 Å². The lowest BCUT2D eigenvalue weighted by molar-refractivity contribution is 0.0970. The highest BCUT2D eigenvalue weighted by Gasteiger charge is 2.45. The van der Waals surface area contributed by atoms with Gasteiger partial charge in [-0.15, -0.1) is 10.2 Å². The van der Waals surface area contributed by atoms with Gasteiger partial charge in [0.2, 0.25) is 10.9 Å². The molecule has 1 amide bonds. The number of benzene rings is 2. The van der Waals surface area contributed by atoms with Gasteiger partial charge < -0.3 is 13.9 Å². The lowest BCUT2D eigenvalue weighted by Crippen LogP contribution is -2.29. The van der Waals surface area contributed by atoms with Crippen molar-refractivity contribution in [3.63, 3.8) is 0 Å². The van der Waals surface area contributed by atoms with Crippen LogP contribution < -0.4 is 19.8 Å². The van der Waals surface area contributed by atoms with Crippen LogP contribution in [0.1, 0.15) is 57.7 Å². The third kappa shape index (κ3) is 3.67. The van der Waals surface area contributed by atoms with Crippen LogP contribution in [-0.4, -0.2) is 29.8 Å². The second-order valence-corrected chi connectivity index (χ2v) is 9.40. The van der Waals surface area contributed by atoms with Crippen molar-refractivity contribution in [2.45, 2.75) is 40.2 Å². The maximum atomic E-state index is 13.8. The quantitative estimate of drug-likeness (QED) is 0.375. The highest BCUT2D eigenvalue weighted by Crippen LogP contribution is 2.44. The number of carbonyl (C=O) groups is 1. The molecule has 0 bridgehead atoms. The molecule has 0 saturated carbocycles. The summed E-state index contributed by atoms with van der Waals surface area (Å²) in [7, 11) is 1.55. The zero-order chi connectivity index (χ0) is 24.9. The zero-order valence-electron chi connectivity index (χ0n) is 20.2. The van der Waals surface area contributed by atoms with Gasteiger partial charge >= 0.3 is 0 Å². The Morgan fingerprint density at radius 2 is 1.83 bits per heavy atom. The Morgan fingerprint density at radius 1 is 1.06 bits per heavy atom. The highest BCUT2D eigenvalue weighted by atomic mass is 32.1. The fourth-order valence-corrected chi connectivity index (χ4v) is 5.16. The summed E-state index contributed by atoms with van der Waals surface area (Å²) in [5, 5.41) is 10.1. The van der Waals surface area contributed by atoms with Gasteiger partial charge in [-0.25, -0.2) is 0 Å². The molecule has 35 heavy (non-hydrogen) atoms. The fourth-order valence-electron chi connectivity index (χ4n) is 4.35. The molecule has 0 spiro atoms. The largest absolute Gasteiger partial charge is 0.493 e. The molecular weight excluding hydrogens is 466 g/mol. The number of rotatable bonds is 6. The number of methoxy groups -OCH3 is 1. The van der Waals surface area contributed by atoms with Gasteiger partial charge in [-0.05, 0) is 68.1 Å². The first-order valence-electron chi connectivity index (χ1n) is 11.4. The third-order valence-corrected chi connectivity index (χ3v) is 7.32. The van der Waals surface area contributed by atoms with Crippen molar-refractivity contribution in [3.05, 3.63) is 73.6 Å². The lowest BCUT2D eigenvalue weighted by atomic mass is 9.97. The van der Waals surface area contributed by atoms with Crippen LogP contribution in [0.15, 0.2) is 39.5 Å². The van der Waals surface area contributed by atoms with Crippen LogP contribution in [0.2, 0.25) is 0 Å². The maximum Gasteiger partial charge on any atom is 0.297 e. The number of aryl methyl sites for hydroxylation is 3. The van der Waals surface area contributed by atoms with Crippen molar-refractivity contribution in [2.24, 2.45) is 0 Å². The standard InChI is InChI=1S/C26H25N3O5S/c1-6-20-27-28-26(35-20)29-22(15-8-9-17(33-7-2)19(12-15)32-5)21-23(30)16-10-13(3)14(4)11-18(16)34-24(21)25(29)31/h8-12,22H,6-7H2,1-5H3. The van der Waals surface area contributed by atoms with Crippen LogP contribution >= 0.6 is 11.3 Å². The van der Waals surface area contributed by atoms with Crippen LogP contribution in [0.25, 0.3) is 11.0 Å². The van der Waals surface area contributed by atoms with E-state index in [0.29, 0.717) is 46.2 Å². The Hall–Kier alpha value is -3.72. The molecule has 180 valence electrons. The SMILES string of the molecule is CCOc1ccc(C2c3c(oc4cc(C)c(C)cc4c3=O)C(=O)N2c2nnc(CC)s2)cc1OC. The molecule has 0 fully saturated rings. The van der Waals surface area contributed by atoms with E-state index >= 15 is 0 Å². The summed E-state index contributed by atoms with van der Waals surface area (Å²) in [5.41, 5.74) is 3.07. The summed E-state index contributed by atoms with van der Waals surface area (Å²) in [6.07, 6.45) is 0.688. The topological polar surface area (TPSA) is 94.8 Å². The second kappa shape index (κ2) is 8.81. The molecular formula is C26H25N3O5S. The zero-order valence-corrected chi connectivity index (χ0v) is 21.0. The summed E-state index contributed by atoms with van der Waals surface area (Å²) >= 11 is 1.32. The second-order valence-electron chi connectivity index (χ2n) is 8.36. The van der Waals surface area contributed by atoms with E-state index in [1.54, 1.807) is 25.3 Å². The average molecular weight is 492 g/mol. The van der Waals surface area contributed by atoms with Gasteiger partial charge in [0.25, 0.3) is 5.91 Å². The average Bonchev–Trinajstić information content (AvgIpc) is 3.43. The van der Waals surface area contributed by atoms with E-state index in [4.69, 9.17) is 13.9 Å². The number of aromatic nitrogens is 2. The molecule has 0 radical (unpaired) electrons. The number of fused-ring (bicyclic) bond motifs is 2. The Labute approximate surface area is 206 Å². The molecule has 1 atom stereocenters. The number of hydrogen-bond acceptors (Lipinski definition) is 8. The summed E-state index contributed by atoms with van der Waals surface area (Å²) in [6, 6.07) is 8.28. The van der Waals surface area contributed by atoms with Gasteiger partial charge in [-0.3, -0.25) is 14.5 Å². The minimum atomic E-state index is -0.748. The third-order valence-electron chi connectivity index (χ3n) is 6.25.